The molecule has 1 aliphatic carbocycles. The van der Waals surface area contributed by atoms with Crippen molar-refractivity contribution in [3.05, 3.63) is 0 Å². The quantitative estimate of drug-likeness (QED) is 0.551. The van der Waals surface area contributed by atoms with E-state index >= 15 is 0 Å². The van der Waals surface area contributed by atoms with Gasteiger partial charge in [0.1, 0.15) is 11.2 Å². The molecule has 1 saturated carbocycles. The van der Waals surface area contributed by atoms with Crippen molar-refractivity contribution in [3.63, 3.8) is 0 Å². The highest BCUT2D eigenvalue weighted by Gasteiger charge is 2.53. The van der Waals surface area contributed by atoms with Gasteiger partial charge in [-0.3, -0.25) is 19.2 Å². The van der Waals surface area contributed by atoms with Gasteiger partial charge in [-0.05, 0) is 13.8 Å². The molecule has 6 nitrogen and oxygen atoms in total. The van der Waals surface area contributed by atoms with Crippen LogP contribution in [0.15, 0.2) is 0 Å². The van der Waals surface area contributed by atoms with Gasteiger partial charge in [-0.1, -0.05) is 0 Å². The summed E-state index contributed by atoms with van der Waals surface area (Å²) in [6.45, 7) is 4.33. The second-order valence-electron chi connectivity index (χ2n) is 4.77. The van der Waals surface area contributed by atoms with E-state index < -0.39 is 29.1 Å². The second-order valence-corrected chi connectivity index (χ2v) is 4.77. The van der Waals surface area contributed by atoms with Crippen LogP contribution in [-0.2, 0) is 28.7 Å². The lowest BCUT2D eigenvalue weighted by atomic mass is 9.66. The maximum Gasteiger partial charge on any atom is 0.319 e. The van der Waals surface area contributed by atoms with Crippen molar-refractivity contribution >= 4 is 23.5 Å². The minimum Gasteiger partial charge on any atom is -0.466 e. The van der Waals surface area contributed by atoms with Crippen molar-refractivity contribution in [1.82, 2.24) is 0 Å². The molecular formula is C13H18O6. The largest absolute Gasteiger partial charge is 0.466 e. The summed E-state index contributed by atoms with van der Waals surface area (Å²) in [6.07, 6.45) is -0.236. The van der Waals surface area contributed by atoms with Crippen molar-refractivity contribution in [2.24, 2.45) is 11.3 Å². The lowest BCUT2D eigenvalue weighted by molar-refractivity contribution is -0.170. The van der Waals surface area contributed by atoms with Crippen LogP contribution in [0.5, 0.6) is 0 Å². The molecule has 1 rings (SSSR count). The van der Waals surface area contributed by atoms with E-state index in [1.54, 1.807) is 6.92 Å². The maximum atomic E-state index is 12.0. The van der Waals surface area contributed by atoms with Crippen LogP contribution >= 0.6 is 0 Å². The highest BCUT2D eigenvalue weighted by atomic mass is 16.5. The summed E-state index contributed by atoms with van der Waals surface area (Å²) in [5, 5.41) is 0. The normalized spacial score (nSPS) is 27.0. The van der Waals surface area contributed by atoms with Crippen LogP contribution in [0.3, 0.4) is 0 Å². The van der Waals surface area contributed by atoms with Gasteiger partial charge in [0.15, 0.2) is 5.78 Å². The van der Waals surface area contributed by atoms with E-state index in [9.17, 15) is 19.2 Å². The minimum atomic E-state index is -1.42. The van der Waals surface area contributed by atoms with Gasteiger partial charge in [0.05, 0.1) is 19.6 Å². The Kier molecular flexibility index (Phi) is 4.80. The Bertz CT molecular complexity index is 413. The third-order valence-electron chi connectivity index (χ3n) is 3.41. The molecule has 1 fully saturated rings. The standard InChI is InChI=1S/C13H18O6/c1-4-18-12(17)13(3)9(7-19-8(2)14)5-10(15)6-11(13)16/h9H,4-7H2,1-3H3. The average Bonchev–Trinajstić information content (AvgIpc) is 2.31. The van der Waals surface area contributed by atoms with Crippen molar-refractivity contribution in [1.29, 1.82) is 0 Å². The summed E-state index contributed by atoms with van der Waals surface area (Å²) in [5.74, 6) is -2.56. The first-order valence-electron chi connectivity index (χ1n) is 6.18. The Morgan fingerprint density at radius 1 is 1.32 bits per heavy atom. The maximum absolute atomic E-state index is 12.0. The van der Waals surface area contributed by atoms with E-state index in [1.807, 2.05) is 0 Å². The molecule has 0 amide bonds. The number of Topliss-reactive ketones (excluding diaryl/α,β-unsaturated/α-hetero) is 2. The van der Waals surface area contributed by atoms with Gasteiger partial charge < -0.3 is 9.47 Å². The molecule has 0 spiro atoms. The van der Waals surface area contributed by atoms with Gasteiger partial charge >= 0.3 is 11.9 Å². The zero-order valence-electron chi connectivity index (χ0n) is 11.4. The van der Waals surface area contributed by atoms with E-state index in [0.717, 1.165) is 0 Å². The van der Waals surface area contributed by atoms with Crippen LogP contribution in [0, 0.1) is 11.3 Å². The molecule has 19 heavy (non-hydrogen) atoms. The number of carbonyl (C=O) groups excluding carboxylic acids is 4. The van der Waals surface area contributed by atoms with Crippen LogP contribution in [0.4, 0.5) is 0 Å². The molecule has 0 aromatic heterocycles. The zero-order chi connectivity index (χ0) is 14.6. The van der Waals surface area contributed by atoms with Crippen LogP contribution < -0.4 is 0 Å². The first-order chi connectivity index (χ1) is 8.82. The highest BCUT2D eigenvalue weighted by molar-refractivity contribution is 6.13. The van der Waals surface area contributed by atoms with Crippen molar-refractivity contribution in [2.75, 3.05) is 13.2 Å². The van der Waals surface area contributed by atoms with Crippen molar-refractivity contribution in [2.45, 2.75) is 33.6 Å². The SMILES string of the molecule is CCOC(=O)C1(C)C(=O)CC(=O)CC1COC(C)=O. The summed E-state index contributed by atoms with van der Waals surface area (Å²) in [5.41, 5.74) is -1.42. The molecule has 0 heterocycles. The lowest BCUT2D eigenvalue weighted by Gasteiger charge is -2.36. The molecular weight excluding hydrogens is 252 g/mol. The molecule has 0 N–H and O–H groups in total. The minimum absolute atomic E-state index is 0.0360. The molecule has 0 aromatic rings. The summed E-state index contributed by atoms with van der Waals surface area (Å²) in [4.78, 5) is 46.4. The van der Waals surface area contributed by atoms with E-state index in [4.69, 9.17) is 9.47 Å². The number of rotatable bonds is 4. The fourth-order valence-electron chi connectivity index (χ4n) is 2.15. The predicted molar refractivity (Wildman–Crippen MR) is 64.1 cm³/mol. The molecule has 0 aliphatic heterocycles. The Hall–Kier alpha value is -1.72. The molecule has 2 unspecified atom stereocenters. The Labute approximate surface area is 111 Å². The summed E-state index contributed by atoms with van der Waals surface area (Å²) >= 11 is 0. The Morgan fingerprint density at radius 3 is 2.47 bits per heavy atom. The number of ether oxygens (including phenoxy) is 2. The third kappa shape index (κ3) is 3.19. The van der Waals surface area contributed by atoms with Gasteiger partial charge in [0.2, 0.25) is 0 Å². The van der Waals surface area contributed by atoms with Gasteiger partial charge in [0.25, 0.3) is 0 Å². The molecule has 2 atom stereocenters. The third-order valence-corrected chi connectivity index (χ3v) is 3.41. The van der Waals surface area contributed by atoms with Crippen LogP contribution in [-0.4, -0.2) is 36.7 Å². The number of carbonyl (C=O) groups is 4. The Morgan fingerprint density at radius 2 is 1.95 bits per heavy atom. The number of hydrogen-bond donors (Lipinski definition) is 0. The zero-order valence-corrected chi connectivity index (χ0v) is 11.4. The fraction of sp³-hybridized carbons (Fsp3) is 0.692. The first kappa shape index (κ1) is 15.3. The summed E-state index contributed by atoms with van der Waals surface area (Å²) in [7, 11) is 0. The van der Waals surface area contributed by atoms with E-state index in [1.165, 1.54) is 13.8 Å². The lowest BCUT2D eigenvalue weighted by Crippen LogP contribution is -2.50. The first-order valence-corrected chi connectivity index (χ1v) is 6.18. The fourth-order valence-corrected chi connectivity index (χ4v) is 2.15. The molecule has 1 aliphatic rings. The molecule has 0 aromatic carbocycles. The van der Waals surface area contributed by atoms with Crippen LogP contribution in [0.25, 0.3) is 0 Å². The summed E-state index contributed by atoms with van der Waals surface area (Å²) < 4.78 is 9.77. The van der Waals surface area contributed by atoms with E-state index in [-0.39, 0.29) is 31.8 Å². The number of esters is 2. The molecule has 0 bridgehead atoms. The smallest absolute Gasteiger partial charge is 0.319 e. The van der Waals surface area contributed by atoms with Crippen LogP contribution in [0.2, 0.25) is 0 Å². The van der Waals surface area contributed by atoms with Crippen molar-refractivity contribution < 1.29 is 28.7 Å². The average molecular weight is 270 g/mol. The van der Waals surface area contributed by atoms with Crippen molar-refractivity contribution in [3.8, 4) is 0 Å². The molecule has 6 heteroatoms. The predicted octanol–water partition coefficient (Wildman–Crippen LogP) is 0.667. The molecule has 0 saturated heterocycles. The highest BCUT2D eigenvalue weighted by Crippen LogP contribution is 2.38. The summed E-state index contributed by atoms with van der Waals surface area (Å²) in [6, 6.07) is 0. The molecule has 106 valence electrons. The van der Waals surface area contributed by atoms with Gasteiger partial charge in [-0.25, -0.2) is 0 Å². The number of hydrogen-bond acceptors (Lipinski definition) is 6. The van der Waals surface area contributed by atoms with E-state index in [2.05, 4.69) is 0 Å². The number of ketones is 2. The monoisotopic (exact) mass is 270 g/mol. The second kappa shape index (κ2) is 5.95. The molecule has 0 radical (unpaired) electrons. The van der Waals surface area contributed by atoms with Crippen LogP contribution in [0.1, 0.15) is 33.6 Å². The topological polar surface area (TPSA) is 86.7 Å². The van der Waals surface area contributed by atoms with Gasteiger partial charge in [0, 0.05) is 19.3 Å². The van der Waals surface area contributed by atoms with E-state index in [0.29, 0.717) is 0 Å². The van der Waals surface area contributed by atoms with Gasteiger partial charge in [-0.15, -0.1) is 0 Å². The Balaban J connectivity index is 2.98. The van der Waals surface area contributed by atoms with Gasteiger partial charge in [-0.2, -0.15) is 0 Å².